The molecule has 1 fully saturated rings. The second-order valence-corrected chi connectivity index (χ2v) is 5.82. The SMILES string of the molecule is CC(C)CCN(C(=O)c1[nH]ncc1N)C1CCCC1. The minimum atomic E-state index is 0.00236. The lowest BCUT2D eigenvalue weighted by molar-refractivity contribution is 0.0667. The first-order valence-corrected chi connectivity index (χ1v) is 7.19. The van der Waals surface area contributed by atoms with Crippen molar-refractivity contribution in [2.75, 3.05) is 12.3 Å². The lowest BCUT2D eigenvalue weighted by atomic mass is 10.1. The number of nitrogen functional groups attached to an aromatic ring is 1. The van der Waals surface area contributed by atoms with Gasteiger partial charge in [-0.2, -0.15) is 5.10 Å². The molecule has 19 heavy (non-hydrogen) atoms. The van der Waals surface area contributed by atoms with E-state index in [2.05, 4.69) is 24.0 Å². The summed E-state index contributed by atoms with van der Waals surface area (Å²) in [6, 6.07) is 0.369. The maximum absolute atomic E-state index is 12.6. The molecule has 1 aromatic rings. The van der Waals surface area contributed by atoms with E-state index in [1.54, 1.807) is 0 Å². The second-order valence-electron chi connectivity index (χ2n) is 5.82. The van der Waals surface area contributed by atoms with Crippen LogP contribution in [0.25, 0.3) is 0 Å². The van der Waals surface area contributed by atoms with E-state index in [1.807, 2.05) is 4.90 Å². The average Bonchev–Trinajstić information content (AvgIpc) is 3.00. The van der Waals surface area contributed by atoms with Crippen LogP contribution < -0.4 is 5.73 Å². The fourth-order valence-electron chi connectivity index (χ4n) is 2.67. The number of anilines is 1. The molecule has 106 valence electrons. The summed E-state index contributed by atoms with van der Waals surface area (Å²) in [5.74, 6) is 0.596. The van der Waals surface area contributed by atoms with Crippen LogP contribution in [0.1, 0.15) is 56.4 Å². The maximum Gasteiger partial charge on any atom is 0.274 e. The molecule has 0 radical (unpaired) electrons. The highest BCUT2D eigenvalue weighted by molar-refractivity contribution is 5.97. The maximum atomic E-state index is 12.6. The summed E-state index contributed by atoms with van der Waals surface area (Å²) in [7, 11) is 0. The number of amides is 1. The Hall–Kier alpha value is -1.52. The van der Waals surface area contributed by atoms with E-state index in [-0.39, 0.29) is 5.91 Å². The Morgan fingerprint density at radius 1 is 1.53 bits per heavy atom. The van der Waals surface area contributed by atoms with Crippen molar-refractivity contribution in [3.63, 3.8) is 0 Å². The lowest BCUT2D eigenvalue weighted by Gasteiger charge is -2.29. The predicted octanol–water partition coefficient (Wildman–Crippen LogP) is 2.42. The summed E-state index contributed by atoms with van der Waals surface area (Å²) < 4.78 is 0. The molecular weight excluding hydrogens is 240 g/mol. The third-order valence-corrected chi connectivity index (χ3v) is 3.86. The van der Waals surface area contributed by atoms with Crippen molar-refractivity contribution < 1.29 is 4.79 Å². The van der Waals surface area contributed by atoms with Gasteiger partial charge in [0, 0.05) is 12.6 Å². The number of aromatic amines is 1. The number of aromatic nitrogens is 2. The van der Waals surface area contributed by atoms with E-state index in [4.69, 9.17) is 5.73 Å². The molecule has 1 amide bonds. The van der Waals surface area contributed by atoms with Crippen molar-refractivity contribution in [2.45, 2.75) is 52.0 Å². The number of nitrogens with one attached hydrogen (secondary N) is 1. The molecule has 0 aromatic carbocycles. The van der Waals surface area contributed by atoms with E-state index in [0.29, 0.717) is 23.3 Å². The summed E-state index contributed by atoms with van der Waals surface area (Å²) in [4.78, 5) is 14.6. The van der Waals surface area contributed by atoms with Crippen molar-refractivity contribution >= 4 is 11.6 Å². The number of H-pyrrole nitrogens is 1. The van der Waals surface area contributed by atoms with Gasteiger partial charge < -0.3 is 10.6 Å². The fourth-order valence-corrected chi connectivity index (χ4v) is 2.67. The third kappa shape index (κ3) is 3.28. The number of carbonyl (C=O) groups is 1. The molecule has 1 aromatic heterocycles. The molecule has 2 rings (SSSR count). The highest BCUT2D eigenvalue weighted by Crippen LogP contribution is 2.26. The highest BCUT2D eigenvalue weighted by Gasteiger charge is 2.29. The molecule has 3 N–H and O–H groups in total. The molecule has 0 spiro atoms. The minimum absolute atomic E-state index is 0.00236. The van der Waals surface area contributed by atoms with Gasteiger partial charge in [0.25, 0.3) is 5.91 Å². The molecule has 0 bridgehead atoms. The first kappa shape index (κ1) is 13.9. The molecule has 0 aliphatic heterocycles. The van der Waals surface area contributed by atoms with Crippen LogP contribution in [-0.4, -0.2) is 33.6 Å². The van der Waals surface area contributed by atoms with Gasteiger partial charge in [-0.05, 0) is 25.2 Å². The zero-order valence-corrected chi connectivity index (χ0v) is 11.9. The molecular formula is C14H24N4O. The Bertz CT molecular complexity index is 421. The summed E-state index contributed by atoms with van der Waals surface area (Å²) in [6.45, 7) is 5.17. The van der Waals surface area contributed by atoms with E-state index in [9.17, 15) is 4.79 Å². The van der Waals surface area contributed by atoms with E-state index in [0.717, 1.165) is 25.8 Å². The Morgan fingerprint density at radius 3 is 2.74 bits per heavy atom. The molecule has 0 atom stereocenters. The topological polar surface area (TPSA) is 75.0 Å². The summed E-state index contributed by atoms with van der Waals surface area (Å²) in [6.07, 6.45) is 7.18. The molecule has 0 saturated heterocycles. The highest BCUT2D eigenvalue weighted by atomic mass is 16.2. The molecule has 1 heterocycles. The standard InChI is InChI=1S/C14H24N4O/c1-10(2)7-8-18(11-5-3-4-6-11)14(19)13-12(15)9-16-17-13/h9-11H,3-8,15H2,1-2H3,(H,16,17). The summed E-state index contributed by atoms with van der Waals surface area (Å²) >= 11 is 0. The number of hydrogen-bond donors (Lipinski definition) is 2. The molecule has 5 nitrogen and oxygen atoms in total. The van der Waals surface area contributed by atoms with Crippen molar-refractivity contribution in [2.24, 2.45) is 5.92 Å². The molecule has 5 heteroatoms. The van der Waals surface area contributed by atoms with Crippen LogP contribution in [0.5, 0.6) is 0 Å². The lowest BCUT2D eigenvalue weighted by Crippen LogP contribution is -2.40. The van der Waals surface area contributed by atoms with Crippen LogP contribution in [0, 0.1) is 5.92 Å². The van der Waals surface area contributed by atoms with Crippen molar-refractivity contribution in [3.8, 4) is 0 Å². The smallest absolute Gasteiger partial charge is 0.274 e. The number of nitrogens with two attached hydrogens (primary N) is 1. The van der Waals surface area contributed by atoms with Gasteiger partial charge in [-0.25, -0.2) is 0 Å². The van der Waals surface area contributed by atoms with Crippen molar-refractivity contribution in [1.29, 1.82) is 0 Å². The van der Waals surface area contributed by atoms with Crippen molar-refractivity contribution in [3.05, 3.63) is 11.9 Å². The minimum Gasteiger partial charge on any atom is -0.396 e. The van der Waals surface area contributed by atoms with Crippen LogP contribution in [0.3, 0.4) is 0 Å². The Morgan fingerprint density at radius 2 is 2.21 bits per heavy atom. The number of rotatable bonds is 5. The fraction of sp³-hybridized carbons (Fsp3) is 0.714. The summed E-state index contributed by atoms with van der Waals surface area (Å²) in [5, 5.41) is 6.58. The molecule has 1 saturated carbocycles. The Labute approximate surface area is 114 Å². The van der Waals surface area contributed by atoms with Gasteiger partial charge in [0.05, 0.1) is 11.9 Å². The zero-order valence-electron chi connectivity index (χ0n) is 11.9. The molecule has 0 unspecified atom stereocenters. The number of hydrogen-bond acceptors (Lipinski definition) is 3. The molecule has 1 aliphatic carbocycles. The quantitative estimate of drug-likeness (QED) is 0.857. The van der Waals surface area contributed by atoms with Gasteiger partial charge in [0.2, 0.25) is 0 Å². The Kier molecular flexibility index (Phi) is 4.45. The third-order valence-electron chi connectivity index (χ3n) is 3.86. The van der Waals surface area contributed by atoms with E-state index >= 15 is 0 Å². The van der Waals surface area contributed by atoms with Gasteiger partial charge in [0.15, 0.2) is 0 Å². The van der Waals surface area contributed by atoms with Crippen molar-refractivity contribution in [1.82, 2.24) is 15.1 Å². The second kappa shape index (κ2) is 6.08. The zero-order chi connectivity index (χ0) is 13.8. The molecule has 1 aliphatic rings. The normalized spacial score (nSPS) is 16.2. The van der Waals surface area contributed by atoms with E-state index in [1.165, 1.54) is 19.0 Å². The predicted molar refractivity (Wildman–Crippen MR) is 75.7 cm³/mol. The number of nitrogens with zero attached hydrogens (tertiary/aromatic N) is 2. The van der Waals surface area contributed by atoms with Gasteiger partial charge in [-0.15, -0.1) is 0 Å². The largest absolute Gasteiger partial charge is 0.396 e. The first-order valence-electron chi connectivity index (χ1n) is 7.19. The average molecular weight is 264 g/mol. The van der Waals surface area contributed by atoms with Crippen LogP contribution >= 0.6 is 0 Å². The first-order chi connectivity index (χ1) is 9.09. The van der Waals surface area contributed by atoms with Crippen LogP contribution in [0.2, 0.25) is 0 Å². The van der Waals surface area contributed by atoms with Gasteiger partial charge >= 0.3 is 0 Å². The van der Waals surface area contributed by atoms with Gasteiger partial charge in [-0.3, -0.25) is 9.89 Å². The van der Waals surface area contributed by atoms with Crippen LogP contribution in [0.4, 0.5) is 5.69 Å². The van der Waals surface area contributed by atoms with Crippen LogP contribution in [-0.2, 0) is 0 Å². The van der Waals surface area contributed by atoms with Gasteiger partial charge in [0.1, 0.15) is 5.69 Å². The Balaban J connectivity index is 2.11. The van der Waals surface area contributed by atoms with Crippen LogP contribution in [0.15, 0.2) is 6.20 Å². The van der Waals surface area contributed by atoms with Gasteiger partial charge in [-0.1, -0.05) is 26.7 Å². The van der Waals surface area contributed by atoms with E-state index < -0.39 is 0 Å². The number of carbonyl (C=O) groups excluding carboxylic acids is 1. The summed E-state index contributed by atoms with van der Waals surface area (Å²) in [5.41, 5.74) is 6.68. The monoisotopic (exact) mass is 264 g/mol.